The molecule has 0 radical (unpaired) electrons. The van der Waals surface area contributed by atoms with E-state index in [-0.39, 0.29) is 0 Å². The van der Waals surface area contributed by atoms with E-state index in [9.17, 15) is 4.79 Å². The van der Waals surface area contributed by atoms with Crippen LogP contribution in [0.4, 0.5) is 0 Å². The lowest BCUT2D eigenvalue weighted by Gasteiger charge is -2.37. The number of nitrogens with one attached hydrogen (secondary N) is 1. The van der Waals surface area contributed by atoms with Gasteiger partial charge in [0.05, 0.1) is 6.54 Å². The van der Waals surface area contributed by atoms with Crippen LogP contribution in [-0.2, 0) is 4.79 Å². The van der Waals surface area contributed by atoms with Crippen molar-refractivity contribution in [2.24, 2.45) is 0 Å². The molecule has 1 aliphatic carbocycles. The zero-order valence-corrected chi connectivity index (χ0v) is 14.0. The number of carbonyl (C=O) groups is 1. The van der Waals surface area contributed by atoms with Gasteiger partial charge in [-0.25, -0.2) is 0 Å². The zero-order chi connectivity index (χ0) is 15.2. The Morgan fingerprint density at radius 1 is 1.14 bits per heavy atom. The maximum atomic E-state index is 12.4. The SMILES string of the molecule is CCNC1CCC(N(C)CC(=O)N2CCN(C)CC2)CC1. The van der Waals surface area contributed by atoms with Crippen LogP contribution in [-0.4, -0.2) is 86.1 Å². The number of rotatable bonds is 5. The van der Waals surface area contributed by atoms with Gasteiger partial charge in [-0.3, -0.25) is 9.69 Å². The summed E-state index contributed by atoms with van der Waals surface area (Å²) in [7, 11) is 4.24. The normalized spacial score (nSPS) is 28.1. The molecule has 1 saturated heterocycles. The monoisotopic (exact) mass is 296 g/mol. The molecule has 21 heavy (non-hydrogen) atoms. The summed E-state index contributed by atoms with van der Waals surface area (Å²) < 4.78 is 0. The fourth-order valence-electron chi connectivity index (χ4n) is 3.51. The second kappa shape index (κ2) is 8.11. The fraction of sp³-hybridized carbons (Fsp3) is 0.938. The predicted octanol–water partition coefficient (Wildman–Crippen LogP) is 0.613. The third-order valence-electron chi connectivity index (χ3n) is 5.05. The second-order valence-corrected chi connectivity index (χ2v) is 6.66. The molecule has 1 heterocycles. The first-order valence-electron chi connectivity index (χ1n) is 8.50. The van der Waals surface area contributed by atoms with Crippen LogP contribution in [0.2, 0.25) is 0 Å². The molecule has 5 nitrogen and oxygen atoms in total. The molecule has 1 amide bonds. The van der Waals surface area contributed by atoms with Gasteiger partial charge < -0.3 is 15.1 Å². The molecule has 1 aliphatic heterocycles. The van der Waals surface area contributed by atoms with Crippen LogP contribution in [0.1, 0.15) is 32.6 Å². The van der Waals surface area contributed by atoms with Gasteiger partial charge in [0.25, 0.3) is 0 Å². The number of likely N-dealkylation sites (N-methyl/N-ethyl adjacent to an activating group) is 2. The van der Waals surface area contributed by atoms with Crippen LogP contribution >= 0.6 is 0 Å². The van der Waals surface area contributed by atoms with Crippen molar-refractivity contribution in [2.45, 2.75) is 44.7 Å². The molecule has 0 bridgehead atoms. The topological polar surface area (TPSA) is 38.8 Å². The van der Waals surface area contributed by atoms with Crippen molar-refractivity contribution in [2.75, 3.05) is 53.4 Å². The summed E-state index contributed by atoms with van der Waals surface area (Å²) in [6.07, 6.45) is 4.91. The summed E-state index contributed by atoms with van der Waals surface area (Å²) in [5, 5.41) is 3.54. The molecule has 0 aromatic rings. The minimum Gasteiger partial charge on any atom is -0.339 e. The Labute approximate surface area is 129 Å². The van der Waals surface area contributed by atoms with Crippen LogP contribution in [0.5, 0.6) is 0 Å². The summed E-state index contributed by atoms with van der Waals surface area (Å²) in [5.74, 6) is 0.305. The van der Waals surface area contributed by atoms with Gasteiger partial charge in [0.1, 0.15) is 0 Å². The Morgan fingerprint density at radius 2 is 1.76 bits per heavy atom. The first-order chi connectivity index (χ1) is 10.1. The average Bonchev–Trinajstić information content (AvgIpc) is 2.49. The first-order valence-corrected chi connectivity index (χ1v) is 8.50. The molecule has 1 N–H and O–H groups in total. The van der Waals surface area contributed by atoms with E-state index in [1.165, 1.54) is 25.7 Å². The molecule has 0 aromatic carbocycles. The number of piperazine rings is 1. The number of nitrogens with zero attached hydrogens (tertiary/aromatic N) is 3. The number of hydrogen-bond donors (Lipinski definition) is 1. The van der Waals surface area contributed by atoms with E-state index in [0.29, 0.717) is 24.5 Å². The molecule has 0 atom stereocenters. The van der Waals surface area contributed by atoms with Crippen molar-refractivity contribution in [1.82, 2.24) is 20.0 Å². The van der Waals surface area contributed by atoms with Gasteiger partial charge in [0, 0.05) is 38.3 Å². The Kier molecular flexibility index (Phi) is 6.45. The Balaban J connectivity index is 1.71. The number of amides is 1. The largest absolute Gasteiger partial charge is 0.339 e. The summed E-state index contributed by atoms with van der Waals surface area (Å²) in [5.41, 5.74) is 0. The maximum absolute atomic E-state index is 12.4. The van der Waals surface area contributed by atoms with Crippen molar-refractivity contribution >= 4 is 5.91 Å². The van der Waals surface area contributed by atoms with Crippen LogP contribution in [0.25, 0.3) is 0 Å². The van der Waals surface area contributed by atoms with Crippen LogP contribution in [0, 0.1) is 0 Å². The fourth-order valence-corrected chi connectivity index (χ4v) is 3.51. The molecular weight excluding hydrogens is 264 g/mol. The van der Waals surface area contributed by atoms with Gasteiger partial charge in [0.2, 0.25) is 5.91 Å². The number of hydrogen-bond acceptors (Lipinski definition) is 4. The lowest BCUT2D eigenvalue weighted by atomic mass is 9.90. The molecular formula is C16H32N4O. The van der Waals surface area contributed by atoms with Crippen LogP contribution < -0.4 is 5.32 Å². The molecule has 0 unspecified atom stereocenters. The van der Waals surface area contributed by atoms with Gasteiger partial charge in [0.15, 0.2) is 0 Å². The van der Waals surface area contributed by atoms with E-state index in [1.807, 2.05) is 4.90 Å². The summed E-state index contributed by atoms with van der Waals surface area (Å²) in [6.45, 7) is 7.60. The Hall–Kier alpha value is -0.650. The molecule has 2 fully saturated rings. The van der Waals surface area contributed by atoms with E-state index in [2.05, 4.69) is 36.1 Å². The molecule has 122 valence electrons. The summed E-state index contributed by atoms with van der Waals surface area (Å²) >= 11 is 0. The molecule has 0 aromatic heterocycles. The summed E-state index contributed by atoms with van der Waals surface area (Å²) in [6, 6.07) is 1.27. The first kappa shape index (κ1) is 16.7. The van der Waals surface area contributed by atoms with Crippen molar-refractivity contribution in [3.8, 4) is 0 Å². The highest BCUT2D eigenvalue weighted by Crippen LogP contribution is 2.22. The molecule has 5 heteroatoms. The van der Waals surface area contributed by atoms with Crippen molar-refractivity contribution in [3.05, 3.63) is 0 Å². The van der Waals surface area contributed by atoms with Gasteiger partial charge in [-0.05, 0) is 46.3 Å². The van der Waals surface area contributed by atoms with Crippen molar-refractivity contribution in [1.29, 1.82) is 0 Å². The second-order valence-electron chi connectivity index (χ2n) is 6.66. The number of carbonyl (C=O) groups excluding carboxylic acids is 1. The molecule has 1 saturated carbocycles. The van der Waals surface area contributed by atoms with E-state index in [1.54, 1.807) is 0 Å². The maximum Gasteiger partial charge on any atom is 0.236 e. The molecule has 2 rings (SSSR count). The standard InChI is InChI=1S/C16H32N4O/c1-4-17-14-5-7-15(8-6-14)19(3)13-16(21)20-11-9-18(2)10-12-20/h14-15,17H,4-13H2,1-3H3. The van der Waals surface area contributed by atoms with Crippen LogP contribution in [0.3, 0.4) is 0 Å². The lowest BCUT2D eigenvalue weighted by Crippen LogP contribution is -2.51. The van der Waals surface area contributed by atoms with Crippen molar-refractivity contribution < 1.29 is 4.79 Å². The third kappa shape index (κ3) is 4.94. The molecule has 2 aliphatic rings. The van der Waals surface area contributed by atoms with Gasteiger partial charge in [-0.2, -0.15) is 0 Å². The molecule has 0 spiro atoms. The minimum atomic E-state index is 0.305. The van der Waals surface area contributed by atoms with Gasteiger partial charge in [-0.15, -0.1) is 0 Å². The highest BCUT2D eigenvalue weighted by Gasteiger charge is 2.26. The minimum absolute atomic E-state index is 0.305. The van der Waals surface area contributed by atoms with E-state index < -0.39 is 0 Å². The van der Waals surface area contributed by atoms with Crippen molar-refractivity contribution in [3.63, 3.8) is 0 Å². The van der Waals surface area contributed by atoms with E-state index in [0.717, 1.165) is 32.7 Å². The Morgan fingerprint density at radius 3 is 2.33 bits per heavy atom. The highest BCUT2D eigenvalue weighted by atomic mass is 16.2. The zero-order valence-electron chi connectivity index (χ0n) is 14.0. The lowest BCUT2D eigenvalue weighted by molar-refractivity contribution is -0.134. The quantitative estimate of drug-likeness (QED) is 0.807. The highest BCUT2D eigenvalue weighted by molar-refractivity contribution is 5.78. The van der Waals surface area contributed by atoms with Gasteiger partial charge >= 0.3 is 0 Å². The predicted molar refractivity (Wildman–Crippen MR) is 86.4 cm³/mol. The Bertz CT molecular complexity index is 320. The average molecular weight is 296 g/mol. The van der Waals surface area contributed by atoms with E-state index in [4.69, 9.17) is 0 Å². The van der Waals surface area contributed by atoms with E-state index >= 15 is 0 Å². The van der Waals surface area contributed by atoms with Gasteiger partial charge in [-0.1, -0.05) is 6.92 Å². The summed E-state index contributed by atoms with van der Waals surface area (Å²) in [4.78, 5) is 19.0. The smallest absolute Gasteiger partial charge is 0.236 e. The third-order valence-corrected chi connectivity index (χ3v) is 5.05. The van der Waals surface area contributed by atoms with Crippen LogP contribution in [0.15, 0.2) is 0 Å².